The van der Waals surface area contributed by atoms with Gasteiger partial charge in [-0.15, -0.1) is 0 Å². The van der Waals surface area contributed by atoms with Crippen molar-refractivity contribution in [1.29, 1.82) is 0 Å². The van der Waals surface area contributed by atoms with Gasteiger partial charge in [-0.3, -0.25) is 10.1 Å². The van der Waals surface area contributed by atoms with E-state index in [1.165, 1.54) is 0 Å². The minimum Gasteiger partial charge on any atom is -0.477 e. The number of alkyl halides is 3. The monoisotopic (exact) mass is 416 g/mol. The first-order valence-electron chi connectivity index (χ1n) is 7.59. The van der Waals surface area contributed by atoms with Gasteiger partial charge < -0.3 is 15.6 Å². The highest BCUT2D eigenvalue weighted by molar-refractivity contribution is 7.91. The minimum atomic E-state index is -4.80. The van der Waals surface area contributed by atoms with E-state index < -0.39 is 74.4 Å². The van der Waals surface area contributed by atoms with E-state index in [0.29, 0.717) is 6.07 Å². The van der Waals surface area contributed by atoms with Crippen LogP contribution in [0.5, 0.6) is 5.75 Å². The van der Waals surface area contributed by atoms with E-state index in [2.05, 4.69) is 4.74 Å². The van der Waals surface area contributed by atoms with Crippen LogP contribution in [0.2, 0.25) is 0 Å². The minimum absolute atomic E-state index is 0.0661. The topological polar surface area (TPSA) is 133 Å². The summed E-state index contributed by atoms with van der Waals surface area (Å²) in [5.41, 5.74) is 4.24. The van der Waals surface area contributed by atoms with Gasteiger partial charge in [0.1, 0.15) is 0 Å². The lowest BCUT2D eigenvalue weighted by atomic mass is 9.91. The fraction of sp³-hybridized carbons (Fsp3) is 0.571. The van der Waals surface area contributed by atoms with Crippen LogP contribution in [-0.4, -0.2) is 54.9 Å². The second-order valence-electron chi connectivity index (χ2n) is 6.28. The molecule has 2 rings (SSSR count). The number of hydrogen-bond acceptors (Lipinski definition) is 7. The molecule has 27 heavy (non-hydrogen) atoms. The summed E-state index contributed by atoms with van der Waals surface area (Å²) in [7, 11) is -3.57. The zero-order valence-corrected chi connectivity index (χ0v) is 14.5. The molecular formula is C14H16F4N2O6S. The Kier molecular flexibility index (Phi) is 5.97. The van der Waals surface area contributed by atoms with E-state index >= 15 is 0 Å². The van der Waals surface area contributed by atoms with Crippen LogP contribution in [0, 0.1) is 21.8 Å². The van der Waals surface area contributed by atoms with Gasteiger partial charge in [0.05, 0.1) is 22.5 Å². The number of nitro groups is 1. The number of nitro benzene ring substituents is 1. The molecule has 0 unspecified atom stereocenters. The molecule has 1 aromatic rings. The molecule has 0 amide bonds. The number of halogens is 4. The maximum atomic E-state index is 14.1. The number of aliphatic hydroxyl groups excluding tert-OH is 1. The van der Waals surface area contributed by atoms with Crippen molar-refractivity contribution >= 4 is 15.5 Å². The number of ether oxygens (including phenoxy) is 1. The molecule has 1 aromatic carbocycles. The number of benzene rings is 1. The van der Waals surface area contributed by atoms with Crippen LogP contribution in [0.15, 0.2) is 12.1 Å². The zero-order valence-electron chi connectivity index (χ0n) is 13.6. The molecule has 13 heteroatoms. The molecule has 0 spiro atoms. The van der Waals surface area contributed by atoms with E-state index in [4.69, 9.17) is 5.73 Å². The maximum Gasteiger partial charge on any atom is 0.422 e. The molecule has 8 nitrogen and oxygen atoms in total. The van der Waals surface area contributed by atoms with E-state index in [9.17, 15) is 41.2 Å². The highest BCUT2D eigenvalue weighted by atomic mass is 32.2. The number of nitrogens with two attached hydrogens (primary N) is 1. The summed E-state index contributed by atoms with van der Waals surface area (Å²) < 4.78 is 79.0. The summed E-state index contributed by atoms with van der Waals surface area (Å²) in [6.07, 6.45) is -6.32. The number of rotatable bonds is 5. The van der Waals surface area contributed by atoms with Crippen LogP contribution in [0.3, 0.4) is 0 Å². The average molecular weight is 416 g/mol. The van der Waals surface area contributed by atoms with Crippen molar-refractivity contribution in [2.24, 2.45) is 11.7 Å². The van der Waals surface area contributed by atoms with Gasteiger partial charge in [0.25, 0.3) is 0 Å². The Balaban J connectivity index is 2.34. The molecule has 1 aliphatic heterocycles. The number of aliphatic hydroxyl groups is 1. The third-order valence-electron chi connectivity index (χ3n) is 4.00. The van der Waals surface area contributed by atoms with Gasteiger partial charge in [0, 0.05) is 12.0 Å². The molecular weight excluding hydrogens is 400 g/mol. The molecule has 152 valence electrons. The van der Waals surface area contributed by atoms with Gasteiger partial charge in [-0.05, 0) is 24.1 Å². The molecule has 0 saturated carbocycles. The third-order valence-corrected chi connectivity index (χ3v) is 5.82. The van der Waals surface area contributed by atoms with Gasteiger partial charge in [0.15, 0.2) is 16.4 Å². The van der Waals surface area contributed by atoms with Crippen LogP contribution >= 0.6 is 0 Å². The van der Waals surface area contributed by atoms with Gasteiger partial charge in [-0.25, -0.2) is 8.42 Å². The van der Waals surface area contributed by atoms with E-state index in [0.717, 1.165) is 6.07 Å². The molecule has 0 bridgehead atoms. The first kappa shape index (κ1) is 21.3. The summed E-state index contributed by atoms with van der Waals surface area (Å²) in [5, 5.41) is 21.0. The van der Waals surface area contributed by atoms with Crippen molar-refractivity contribution in [3.63, 3.8) is 0 Å². The molecule has 0 aliphatic carbocycles. The van der Waals surface area contributed by atoms with Crippen molar-refractivity contribution in [3.05, 3.63) is 33.6 Å². The Morgan fingerprint density at radius 3 is 2.52 bits per heavy atom. The molecule has 3 atom stereocenters. The predicted molar refractivity (Wildman–Crippen MR) is 84.4 cm³/mol. The van der Waals surface area contributed by atoms with E-state index in [1.54, 1.807) is 0 Å². The summed E-state index contributed by atoms with van der Waals surface area (Å²) in [6, 6.07) is 0.447. The number of sulfone groups is 1. The molecule has 0 radical (unpaired) electrons. The lowest BCUT2D eigenvalue weighted by molar-refractivity contribution is -0.388. The largest absolute Gasteiger partial charge is 0.477 e. The molecule has 3 N–H and O–H groups in total. The van der Waals surface area contributed by atoms with Gasteiger partial charge in [-0.2, -0.15) is 17.6 Å². The van der Waals surface area contributed by atoms with Crippen molar-refractivity contribution in [2.45, 2.75) is 24.7 Å². The fourth-order valence-corrected chi connectivity index (χ4v) is 4.80. The van der Waals surface area contributed by atoms with Crippen LogP contribution in [0.4, 0.5) is 23.2 Å². The zero-order chi connectivity index (χ0) is 20.6. The van der Waals surface area contributed by atoms with Gasteiger partial charge in [0.2, 0.25) is 11.6 Å². The quantitative estimate of drug-likeness (QED) is 0.415. The number of nitrogens with zero attached hydrogens (tertiary/aromatic N) is 1. The Hall–Kier alpha value is -1.99. The first-order valence-corrected chi connectivity index (χ1v) is 9.41. The van der Waals surface area contributed by atoms with Crippen LogP contribution in [0.1, 0.15) is 5.56 Å². The lowest BCUT2D eigenvalue weighted by Crippen LogP contribution is -2.52. The van der Waals surface area contributed by atoms with Crippen LogP contribution < -0.4 is 10.5 Å². The average Bonchev–Trinajstić information content (AvgIpc) is 2.48. The van der Waals surface area contributed by atoms with Gasteiger partial charge in [-0.1, -0.05) is 0 Å². The Bertz CT molecular complexity index is 830. The number of hydrogen-bond donors (Lipinski definition) is 2. The molecule has 1 heterocycles. The molecule has 0 aromatic heterocycles. The fourth-order valence-electron chi connectivity index (χ4n) is 2.91. The van der Waals surface area contributed by atoms with Crippen LogP contribution in [-0.2, 0) is 16.3 Å². The molecule has 1 fully saturated rings. The summed E-state index contributed by atoms with van der Waals surface area (Å²) in [5.74, 6) is -4.22. The SMILES string of the molecule is N[C@H]1CS(=O)(=O)C[C@@H](Cc2cc(F)c([N+](=O)[O-])c(OCC(F)(F)F)c2)[C@@H]1O. The smallest absolute Gasteiger partial charge is 0.422 e. The van der Waals surface area contributed by atoms with Crippen molar-refractivity contribution < 1.29 is 40.7 Å². The first-order chi connectivity index (χ1) is 12.3. The second kappa shape index (κ2) is 7.56. The maximum absolute atomic E-state index is 14.1. The molecule has 1 saturated heterocycles. The lowest BCUT2D eigenvalue weighted by Gasteiger charge is -2.32. The summed E-state index contributed by atoms with van der Waals surface area (Å²) >= 11 is 0. The Morgan fingerprint density at radius 2 is 1.96 bits per heavy atom. The normalized spacial score (nSPS) is 25.2. The summed E-state index contributed by atoms with van der Waals surface area (Å²) in [6.45, 7) is -1.87. The standard InChI is InChI=1S/C14H16F4N2O6S/c15-9-2-7(1-8-4-27(24,25)5-10(19)13(8)21)3-11(12(9)20(22)23)26-6-14(16,17)18/h2-3,8,10,13,21H,1,4-6,19H2/t8-,10+,13+/m1/s1. The Labute approximate surface area is 151 Å². The van der Waals surface area contributed by atoms with Gasteiger partial charge >= 0.3 is 11.9 Å². The predicted octanol–water partition coefficient (Wildman–Crippen LogP) is 0.950. The van der Waals surface area contributed by atoms with Crippen LogP contribution in [0.25, 0.3) is 0 Å². The second-order valence-corrected chi connectivity index (χ2v) is 8.43. The highest BCUT2D eigenvalue weighted by Gasteiger charge is 2.38. The van der Waals surface area contributed by atoms with Crippen molar-refractivity contribution in [3.8, 4) is 5.75 Å². The van der Waals surface area contributed by atoms with E-state index in [1.807, 2.05) is 0 Å². The van der Waals surface area contributed by atoms with E-state index in [-0.39, 0.29) is 12.0 Å². The third kappa shape index (κ3) is 5.49. The Morgan fingerprint density at radius 1 is 1.33 bits per heavy atom. The molecule has 1 aliphatic rings. The summed E-state index contributed by atoms with van der Waals surface area (Å²) in [4.78, 5) is 9.70. The van der Waals surface area contributed by atoms with Crippen molar-refractivity contribution in [2.75, 3.05) is 18.1 Å². The highest BCUT2D eigenvalue weighted by Crippen LogP contribution is 2.34. The van der Waals surface area contributed by atoms with Crippen molar-refractivity contribution in [1.82, 2.24) is 0 Å².